The Morgan fingerprint density at radius 3 is 2.90 bits per heavy atom. The highest BCUT2D eigenvalue weighted by molar-refractivity contribution is 5.99. The third-order valence-corrected chi connectivity index (χ3v) is 3.01. The summed E-state index contributed by atoms with van der Waals surface area (Å²) in [5.41, 5.74) is 1.64. The van der Waals surface area contributed by atoms with Crippen LogP contribution in [0.2, 0.25) is 0 Å². The number of ether oxygens (including phenoxy) is 1. The molecular formula is C14H17N3O4. The Labute approximate surface area is 121 Å². The van der Waals surface area contributed by atoms with E-state index in [-0.39, 0.29) is 12.3 Å². The summed E-state index contributed by atoms with van der Waals surface area (Å²) in [6.45, 7) is 3.13. The van der Waals surface area contributed by atoms with Crippen molar-refractivity contribution in [2.75, 3.05) is 31.7 Å². The number of aliphatic hydroxyl groups excluding tert-OH is 1. The van der Waals surface area contributed by atoms with Gasteiger partial charge >= 0.3 is 0 Å². The predicted molar refractivity (Wildman–Crippen MR) is 79.5 cm³/mol. The Morgan fingerprint density at radius 2 is 2.19 bits per heavy atom. The summed E-state index contributed by atoms with van der Waals surface area (Å²) < 4.78 is 5.17. The van der Waals surface area contributed by atoms with Crippen LogP contribution in [0.5, 0.6) is 0 Å². The maximum absolute atomic E-state index is 11.1. The van der Waals surface area contributed by atoms with Crippen LogP contribution in [0.4, 0.5) is 11.4 Å². The van der Waals surface area contributed by atoms with E-state index < -0.39 is 4.92 Å². The average molecular weight is 291 g/mol. The number of anilines is 1. The highest BCUT2D eigenvalue weighted by Crippen LogP contribution is 2.31. The van der Waals surface area contributed by atoms with E-state index in [1.54, 1.807) is 6.07 Å². The lowest BCUT2D eigenvalue weighted by atomic mass is 10.1. The van der Waals surface area contributed by atoms with Gasteiger partial charge in [-0.05, 0) is 19.1 Å². The fourth-order valence-corrected chi connectivity index (χ4v) is 2.07. The minimum Gasteiger partial charge on any atom is -0.394 e. The van der Waals surface area contributed by atoms with Gasteiger partial charge in [0.1, 0.15) is 0 Å². The van der Waals surface area contributed by atoms with Crippen molar-refractivity contribution in [1.82, 2.24) is 4.98 Å². The zero-order chi connectivity index (χ0) is 15.2. The largest absolute Gasteiger partial charge is 0.394 e. The molecule has 1 heterocycles. The topological polar surface area (TPSA) is 97.5 Å². The molecule has 0 bridgehead atoms. The van der Waals surface area contributed by atoms with Crippen LogP contribution in [0.25, 0.3) is 10.8 Å². The standard InChI is InChI=1S/C14H17N3O4/c1-10-8-11-12(9-16-10)14(17(19)20)3-2-13(11)15-4-6-21-7-5-18/h2-3,8-9,15,18H,4-7H2,1H3. The summed E-state index contributed by atoms with van der Waals surface area (Å²) in [5.74, 6) is 0. The SMILES string of the molecule is Cc1cc2c(NCCOCCO)ccc([N+](=O)[O-])c2cn1. The first-order valence-electron chi connectivity index (χ1n) is 6.59. The molecule has 2 N–H and O–H groups in total. The van der Waals surface area contributed by atoms with E-state index in [1.165, 1.54) is 12.3 Å². The molecule has 21 heavy (non-hydrogen) atoms. The van der Waals surface area contributed by atoms with Gasteiger partial charge in [-0.1, -0.05) is 0 Å². The third kappa shape index (κ3) is 3.65. The number of nitro groups is 1. The van der Waals surface area contributed by atoms with Crippen LogP contribution in [0, 0.1) is 17.0 Å². The lowest BCUT2D eigenvalue weighted by Gasteiger charge is -2.10. The van der Waals surface area contributed by atoms with E-state index in [0.29, 0.717) is 25.1 Å². The second-order valence-corrected chi connectivity index (χ2v) is 4.52. The molecule has 112 valence electrons. The zero-order valence-electron chi connectivity index (χ0n) is 11.7. The number of aryl methyl sites for hydroxylation is 1. The van der Waals surface area contributed by atoms with Gasteiger partial charge in [0.25, 0.3) is 5.69 Å². The van der Waals surface area contributed by atoms with Crippen molar-refractivity contribution in [3.63, 3.8) is 0 Å². The molecule has 7 heteroatoms. The summed E-state index contributed by atoms with van der Waals surface area (Å²) in [7, 11) is 0. The fraction of sp³-hybridized carbons (Fsp3) is 0.357. The number of benzene rings is 1. The van der Waals surface area contributed by atoms with Crippen molar-refractivity contribution in [3.8, 4) is 0 Å². The summed E-state index contributed by atoms with van der Waals surface area (Å²) in [6.07, 6.45) is 1.52. The number of hydrogen-bond donors (Lipinski definition) is 2. The predicted octanol–water partition coefficient (Wildman–Crippen LogP) is 1.87. The Morgan fingerprint density at radius 1 is 1.38 bits per heavy atom. The van der Waals surface area contributed by atoms with E-state index in [2.05, 4.69) is 10.3 Å². The molecule has 0 fully saturated rings. The van der Waals surface area contributed by atoms with Crippen LogP contribution >= 0.6 is 0 Å². The molecule has 7 nitrogen and oxygen atoms in total. The van der Waals surface area contributed by atoms with Crippen LogP contribution in [0.3, 0.4) is 0 Å². The van der Waals surface area contributed by atoms with Crippen LogP contribution in [0.15, 0.2) is 24.4 Å². The molecule has 0 aliphatic carbocycles. The van der Waals surface area contributed by atoms with Crippen molar-refractivity contribution in [1.29, 1.82) is 0 Å². The molecule has 0 saturated carbocycles. The molecule has 0 unspecified atom stereocenters. The summed E-state index contributed by atoms with van der Waals surface area (Å²) in [4.78, 5) is 14.8. The smallest absolute Gasteiger partial charge is 0.278 e. The second-order valence-electron chi connectivity index (χ2n) is 4.52. The molecule has 0 amide bonds. The number of rotatable bonds is 7. The van der Waals surface area contributed by atoms with Crippen molar-refractivity contribution in [3.05, 3.63) is 40.2 Å². The lowest BCUT2D eigenvalue weighted by Crippen LogP contribution is -2.11. The average Bonchev–Trinajstić information content (AvgIpc) is 2.46. The molecular weight excluding hydrogens is 274 g/mol. The van der Waals surface area contributed by atoms with Crippen molar-refractivity contribution in [2.24, 2.45) is 0 Å². The number of pyridine rings is 1. The lowest BCUT2D eigenvalue weighted by molar-refractivity contribution is -0.383. The summed E-state index contributed by atoms with van der Waals surface area (Å²) >= 11 is 0. The number of nitro benzene ring substituents is 1. The molecule has 0 aliphatic rings. The van der Waals surface area contributed by atoms with Crippen LogP contribution in [0.1, 0.15) is 5.69 Å². The zero-order valence-corrected chi connectivity index (χ0v) is 11.7. The monoisotopic (exact) mass is 291 g/mol. The first kappa shape index (κ1) is 15.1. The van der Waals surface area contributed by atoms with Crippen LogP contribution < -0.4 is 5.32 Å². The Balaban J connectivity index is 2.25. The number of aromatic nitrogens is 1. The number of non-ortho nitro benzene ring substituents is 1. The van der Waals surface area contributed by atoms with Gasteiger partial charge in [-0.15, -0.1) is 0 Å². The van der Waals surface area contributed by atoms with Gasteiger partial charge in [0, 0.05) is 35.6 Å². The summed E-state index contributed by atoms with van der Waals surface area (Å²) in [5, 5.41) is 24.1. The van der Waals surface area contributed by atoms with E-state index in [9.17, 15) is 10.1 Å². The van der Waals surface area contributed by atoms with Crippen LogP contribution in [-0.2, 0) is 4.74 Å². The maximum Gasteiger partial charge on any atom is 0.278 e. The molecule has 1 aromatic carbocycles. The van der Waals surface area contributed by atoms with Gasteiger partial charge in [0.2, 0.25) is 0 Å². The molecule has 0 saturated heterocycles. The highest BCUT2D eigenvalue weighted by Gasteiger charge is 2.14. The maximum atomic E-state index is 11.1. The minimum atomic E-state index is -0.409. The molecule has 0 radical (unpaired) electrons. The van der Waals surface area contributed by atoms with E-state index in [1.807, 2.05) is 13.0 Å². The number of fused-ring (bicyclic) bond motifs is 1. The number of nitrogens with zero attached hydrogens (tertiary/aromatic N) is 2. The van der Waals surface area contributed by atoms with Crippen LogP contribution in [-0.4, -0.2) is 41.4 Å². The number of aliphatic hydroxyl groups is 1. The Bertz CT molecular complexity index is 645. The highest BCUT2D eigenvalue weighted by atomic mass is 16.6. The van der Waals surface area contributed by atoms with Gasteiger partial charge in [0.15, 0.2) is 0 Å². The van der Waals surface area contributed by atoms with Gasteiger partial charge in [-0.2, -0.15) is 0 Å². The second kappa shape index (κ2) is 6.96. The molecule has 2 aromatic rings. The third-order valence-electron chi connectivity index (χ3n) is 3.01. The first-order valence-corrected chi connectivity index (χ1v) is 6.59. The van der Waals surface area contributed by atoms with Crippen molar-refractivity contribution >= 4 is 22.1 Å². The minimum absolute atomic E-state index is 0.00860. The molecule has 1 aromatic heterocycles. The quantitative estimate of drug-likeness (QED) is 0.459. The van der Waals surface area contributed by atoms with E-state index >= 15 is 0 Å². The Hall–Kier alpha value is -2.25. The van der Waals surface area contributed by atoms with Crippen molar-refractivity contribution < 1.29 is 14.8 Å². The molecule has 0 spiro atoms. The van der Waals surface area contributed by atoms with Gasteiger partial charge in [0.05, 0.1) is 30.1 Å². The van der Waals surface area contributed by atoms with E-state index in [0.717, 1.165) is 16.8 Å². The van der Waals surface area contributed by atoms with Gasteiger partial charge in [-0.25, -0.2) is 0 Å². The van der Waals surface area contributed by atoms with Crippen molar-refractivity contribution in [2.45, 2.75) is 6.92 Å². The Kier molecular flexibility index (Phi) is 5.02. The molecule has 0 atom stereocenters. The molecule has 0 aliphatic heterocycles. The van der Waals surface area contributed by atoms with E-state index in [4.69, 9.17) is 9.84 Å². The number of hydrogen-bond acceptors (Lipinski definition) is 6. The fourth-order valence-electron chi connectivity index (χ4n) is 2.07. The van der Waals surface area contributed by atoms with Gasteiger partial charge < -0.3 is 15.2 Å². The number of nitrogens with one attached hydrogen (secondary N) is 1. The van der Waals surface area contributed by atoms with Gasteiger partial charge in [-0.3, -0.25) is 15.1 Å². The molecule has 2 rings (SSSR count). The summed E-state index contributed by atoms with van der Waals surface area (Å²) in [6, 6.07) is 4.97. The normalized spacial score (nSPS) is 10.8. The first-order chi connectivity index (χ1) is 10.1.